The average molecular weight is 483 g/mol. The van der Waals surface area contributed by atoms with Crippen molar-refractivity contribution in [2.24, 2.45) is 0 Å². The molecule has 0 radical (unpaired) electrons. The minimum absolute atomic E-state index is 0.124. The second-order valence-electron chi connectivity index (χ2n) is 5.18. The number of alkyl carbamates (subject to hydrolysis) is 1. The monoisotopic (exact) mass is 481 g/mol. The summed E-state index contributed by atoms with van der Waals surface area (Å²) >= 11 is 20.1. The fourth-order valence-corrected chi connectivity index (χ4v) is 2.03. The Morgan fingerprint density at radius 1 is 1.04 bits per heavy atom. The van der Waals surface area contributed by atoms with Crippen molar-refractivity contribution in [3.63, 3.8) is 0 Å². The molecule has 11 nitrogen and oxygen atoms in total. The molecule has 0 aliphatic rings. The summed E-state index contributed by atoms with van der Waals surface area (Å²) in [7, 11) is 0. The maximum Gasteiger partial charge on any atom is 0.407 e. The van der Waals surface area contributed by atoms with Crippen LogP contribution in [0.25, 0.3) is 0 Å². The molecule has 2 atom stereocenters. The van der Waals surface area contributed by atoms with E-state index in [0.717, 1.165) is 0 Å². The van der Waals surface area contributed by atoms with Gasteiger partial charge in [0, 0.05) is 12.2 Å². The van der Waals surface area contributed by atoms with Gasteiger partial charge in [-0.25, -0.2) is 9.59 Å². The average Bonchev–Trinajstić information content (AvgIpc) is 2.58. The van der Waals surface area contributed by atoms with E-state index in [-0.39, 0.29) is 18.6 Å². The number of hydrogen-bond donors (Lipinski definition) is 6. The van der Waals surface area contributed by atoms with Gasteiger partial charge in [0.25, 0.3) is 0 Å². The van der Waals surface area contributed by atoms with Crippen molar-refractivity contribution in [2.45, 2.75) is 28.7 Å². The fraction of sp³-hybridized carbons (Fsp3) is 0.615. The number of hydrogen-bond acceptors (Lipinski definition) is 7. The number of ether oxygens (including phenoxy) is 1. The summed E-state index contributed by atoms with van der Waals surface area (Å²) in [4.78, 5) is 56.7. The van der Waals surface area contributed by atoms with E-state index in [4.69, 9.17) is 45.0 Å². The third-order valence-corrected chi connectivity index (χ3v) is 3.56. The normalized spacial score (nSPS) is 13.0. The van der Waals surface area contributed by atoms with Crippen LogP contribution >= 0.6 is 47.4 Å². The van der Waals surface area contributed by atoms with Gasteiger partial charge in [-0.1, -0.05) is 34.8 Å². The van der Waals surface area contributed by atoms with Gasteiger partial charge in [0.05, 0.1) is 0 Å². The Morgan fingerprint density at radius 2 is 1.64 bits per heavy atom. The minimum Gasteiger partial charge on any atom is -0.480 e. The first kappa shape index (κ1) is 26.4. The molecule has 15 heteroatoms. The first-order valence-electron chi connectivity index (χ1n) is 7.48. The number of carboxylic acid groups (broad SMARTS) is 2. The van der Waals surface area contributed by atoms with Crippen molar-refractivity contribution in [1.82, 2.24) is 16.0 Å². The van der Waals surface area contributed by atoms with Crippen LogP contribution in [0.15, 0.2) is 0 Å². The topological polar surface area (TPSA) is 171 Å². The van der Waals surface area contributed by atoms with Crippen LogP contribution in [-0.2, 0) is 23.9 Å². The number of rotatable bonds is 11. The number of carboxylic acids is 2. The van der Waals surface area contributed by atoms with Gasteiger partial charge >= 0.3 is 18.0 Å². The summed E-state index contributed by atoms with van der Waals surface area (Å²) < 4.78 is 2.66. The highest BCUT2D eigenvalue weighted by atomic mass is 35.6. The first-order valence-corrected chi connectivity index (χ1v) is 9.25. The zero-order valence-corrected chi connectivity index (χ0v) is 17.3. The lowest BCUT2D eigenvalue weighted by Crippen LogP contribution is -2.49. The number of thiol groups is 1. The van der Waals surface area contributed by atoms with E-state index in [9.17, 15) is 24.0 Å². The van der Waals surface area contributed by atoms with Gasteiger partial charge in [0.15, 0.2) is 0 Å². The van der Waals surface area contributed by atoms with Crippen LogP contribution in [0.3, 0.4) is 0 Å². The largest absolute Gasteiger partial charge is 0.480 e. The third kappa shape index (κ3) is 12.7. The van der Waals surface area contributed by atoms with Crippen molar-refractivity contribution < 1.29 is 38.9 Å². The van der Waals surface area contributed by atoms with Crippen molar-refractivity contribution in [1.29, 1.82) is 0 Å². The number of halogens is 3. The van der Waals surface area contributed by atoms with Gasteiger partial charge < -0.3 is 30.9 Å². The van der Waals surface area contributed by atoms with Gasteiger partial charge in [0.1, 0.15) is 25.2 Å². The molecule has 0 saturated carbocycles. The van der Waals surface area contributed by atoms with Crippen molar-refractivity contribution >= 4 is 77.3 Å². The Labute approximate surface area is 179 Å². The van der Waals surface area contributed by atoms with Gasteiger partial charge in [-0.3, -0.25) is 14.4 Å². The summed E-state index contributed by atoms with van der Waals surface area (Å²) in [6, 6.07) is -2.61. The summed E-state index contributed by atoms with van der Waals surface area (Å²) in [5.74, 6) is -4.32. The Kier molecular flexibility index (Phi) is 12.0. The van der Waals surface area contributed by atoms with Gasteiger partial charge in [-0.05, 0) is 6.42 Å². The predicted molar refractivity (Wildman–Crippen MR) is 102 cm³/mol. The van der Waals surface area contributed by atoms with E-state index in [1.807, 2.05) is 5.32 Å². The number of carbonyl (C=O) groups excluding carboxylic acids is 3. The number of alkyl halides is 3. The molecule has 0 heterocycles. The Hall–Kier alpha value is -1.63. The second-order valence-corrected chi connectivity index (χ2v) is 8.06. The molecule has 0 fully saturated rings. The highest BCUT2D eigenvalue weighted by Crippen LogP contribution is 2.25. The molecule has 0 saturated heterocycles. The summed E-state index contributed by atoms with van der Waals surface area (Å²) in [5.41, 5.74) is 0. The Balaban J connectivity index is 4.55. The van der Waals surface area contributed by atoms with E-state index in [2.05, 4.69) is 28.0 Å². The molecule has 0 aromatic carbocycles. The van der Waals surface area contributed by atoms with E-state index >= 15 is 0 Å². The van der Waals surface area contributed by atoms with E-state index in [0.29, 0.717) is 0 Å². The number of aliphatic carboxylic acids is 2. The SMILES string of the molecule is O=C(O)CNC(=O)[C@H](CS)NC(=O)CC[C@H](NC(=O)OCC(Cl)(Cl)Cl)C(=O)O. The smallest absolute Gasteiger partial charge is 0.407 e. The van der Waals surface area contributed by atoms with Crippen LogP contribution in [-0.4, -0.2) is 74.8 Å². The molecule has 5 N–H and O–H groups in total. The van der Waals surface area contributed by atoms with Crippen LogP contribution < -0.4 is 16.0 Å². The van der Waals surface area contributed by atoms with Crippen LogP contribution in [0.1, 0.15) is 12.8 Å². The Morgan fingerprint density at radius 3 is 2.11 bits per heavy atom. The van der Waals surface area contributed by atoms with Gasteiger partial charge in [0.2, 0.25) is 15.6 Å². The quantitative estimate of drug-likeness (QED) is 0.175. The molecular weight excluding hydrogens is 465 g/mol. The zero-order chi connectivity index (χ0) is 21.9. The molecule has 0 aliphatic heterocycles. The first-order chi connectivity index (χ1) is 12.9. The van der Waals surface area contributed by atoms with Gasteiger partial charge in [-0.15, -0.1) is 0 Å². The van der Waals surface area contributed by atoms with E-state index in [1.54, 1.807) is 0 Å². The Bertz CT molecular complexity index is 602. The molecule has 160 valence electrons. The highest BCUT2D eigenvalue weighted by Gasteiger charge is 2.26. The lowest BCUT2D eigenvalue weighted by molar-refractivity contribution is -0.139. The van der Waals surface area contributed by atoms with E-state index < -0.39 is 58.9 Å². The molecule has 0 aromatic rings. The van der Waals surface area contributed by atoms with Crippen molar-refractivity contribution in [3.8, 4) is 0 Å². The molecule has 0 aromatic heterocycles. The molecule has 0 bridgehead atoms. The molecule has 0 rings (SSSR count). The molecule has 0 spiro atoms. The van der Waals surface area contributed by atoms with Crippen LogP contribution in [0.2, 0.25) is 0 Å². The molecular formula is C13H18Cl3N3O8S. The summed E-state index contributed by atoms with van der Waals surface area (Å²) in [6.45, 7) is -1.26. The summed E-state index contributed by atoms with van der Waals surface area (Å²) in [5, 5.41) is 23.9. The minimum atomic E-state index is -1.88. The number of amides is 3. The third-order valence-electron chi connectivity index (χ3n) is 2.87. The second kappa shape index (κ2) is 12.8. The van der Waals surface area contributed by atoms with Gasteiger partial charge in [-0.2, -0.15) is 12.6 Å². The van der Waals surface area contributed by atoms with E-state index in [1.165, 1.54) is 0 Å². The lowest BCUT2D eigenvalue weighted by Gasteiger charge is -2.18. The van der Waals surface area contributed by atoms with Crippen molar-refractivity contribution in [2.75, 3.05) is 18.9 Å². The molecule has 0 unspecified atom stereocenters. The zero-order valence-electron chi connectivity index (χ0n) is 14.1. The highest BCUT2D eigenvalue weighted by molar-refractivity contribution is 7.80. The van der Waals surface area contributed by atoms with Crippen molar-refractivity contribution in [3.05, 3.63) is 0 Å². The predicted octanol–water partition coefficient (Wildman–Crippen LogP) is -0.0684. The molecule has 0 aliphatic carbocycles. The molecule has 3 amide bonds. The maximum absolute atomic E-state index is 11.9. The summed E-state index contributed by atoms with van der Waals surface area (Å²) in [6.07, 6.45) is -1.88. The van der Waals surface area contributed by atoms with Crippen LogP contribution in [0.4, 0.5) is 4.79 Å². The molecule has 28 heavy (non-hydrogen) atoms. The number of carbonyl (C=O) groups is 5. The van der Waals surface area contributed by atoms with Crippen LogP contribution in [0, 0.1) is 0 Å². The van der Waals surface area contributed by atoms with Crippen LogP contribution in [0.5, 0.6) is 0 Å². The maximum atomic E-state index is 11.9. The standard InChI is InChI=1S/C13H18Cl3N3O8S/c14-13(15,16)5-27-12(26)19-6(11(24)25)1-2-8(20)18-7(4-28)10(23)17-3-9(21)22/h6-7,28H,1-5H2,(H,17,23)(H,18,20)(H,19,26)(H,21,22)(H,24,25)/t6-,7-/m0/s1. The fourth-order valence-electron chi connectivity index (χ4n) is 1.61. The number of nitrogens with one attached hydrogen (secondary N) is 3. The lowest BCUT2D eigenvalue weighted by atomic mass is 10.1.